The van der Waals surface area contributed by atoms with Gasteiger partial charge >= 0.3 is 0 Å². The summed E-state index contributed by atoms with van der Waals surface area (Å²) in [6.07, 6.45) is 5.01. The molecule has 0 aromatic heterocycles. The molecule has 0 bridgehead atoms. The zero-order chi connectivity index (χ0) is 6.78. The molecule has 0 aliphatic heterocycles. The fourth-order valence-electron chi connectivity index (χ4n) is 0.167. The molecule has 0 aromatic carbocycles. The Kier molecular flexibility index (Phi) is 2.06. The second-order valence-electron chi connectivity index (χ2n) is 2.45. The van der Waals surface area contributed by atoms with Crippen molar-refractivity contribution in [2.75, 3.05) is 0 Å². The maximum Gasteiger partial charge on any atom is 0.124 e. The number of aliphatic hydroxyl groups is 1. The van der Waals surface area contributed by atoms with Crippen molar-refractivity contribution in [3.63, 3.8) is 0 Å². The molecule has 1 nitrogen and oxygen atoms in total. The minimum absolute atomic E-state index is 0.132. The Balaban J connectivity index is 3.97. The van der Waals surface area contributed by atoms with Crippen LogP contribution in [0.2, 0.25) is 0 Å². The fourth-order valence-corrected chi connectivity index (χ4v) is 0.167. The highest BCUT2D eigenvalue weighted by molar-refractivity contribution is 5.05. The first kappa shape index (κ1) is 7.52. The van der Waals surface area contributed by atoms with Gasteiger partial charge in [0.05, 0.1) is 0 Å². The van der Waals surface area contributed by atoms with Crippen LogP contribution in [0.25, 0.3) is 0 Å². The Labute approximate surface area is 50.7 Å². The smallest absolute Gasteiger partial charge is 0.124 e. The van der Waals surface area contributed by atoms with Crippen molar-refractivity contribution >= 4 is 0 Å². The first-order valence-corrected chi connectivity index (χ1v) is 2.71. The van der Waals surface area contributed by atoms with Crippen LogP contribution in [0.5, 0.6) is 0 Å². The summed E-state index contributed by atoms with van der Waals surface area (Å²) >= 11 is 0. The molecule has 1 heteroatoms. The second kappa shape index (κ2) is 2.19. The predicted octanol–water partition coefficient (Wildman–Crippen LogP) is 1.03. The molecule has 0 aromatic rings. The van der Waals surface area contributed by atoms with Gasteiger partial charge in [-0.2, -0.15) is 0 Å². The summed E-state index contributed by atoms with van der Waals surface area (Å²) in [6.45, 7) is 5.41. The average molecular weight is 112 g/mol. The van der Waals surface area contributed by atoms with Gasteiger partial charge in [0.1, 0.15) is 5.60 Å². The molecule has 0 unspecified atom stereocenters. The molecule has 1 atom stereocenters. The Hall–Kier alpha value is -0.480. The highest BCUT2D eigenvalue weighted by atomic mass is 16.3. The second-order valence-corrected chi connectivity index (χ2v) is 2.45. The number of rotatable bonds is 1. The van der Waals surface area contributed by atoms with Gasteiger partial charge in [0, 0.05) is 0 Å². The summed E-state index contributed by atoms with van der Waals surface area (Å²) in [5, 5.41) is 9.16. The zero-order valence-electron chi connectivity index (χ0n) is 5.60. The van der Waals surface area contributed by atoms with Gasteiger partial charge in [0.2, 0.25) is 0 Å². The van der Waals surface area contributed by atoms with E-state index in [4.69, 9.17) is 11.5 Å². The quantitative estimate of drug-likeness (QED) is 0.502. The van der Waals surface area contributed by atoms with E-state index in [-0.39, 0.29) is 5.92 Å². The van der Waals surface area contributed by atoms with Gasteiger partial charge < -0.3 is 5.11 Å². The lowest BCUT2D eigenvalue weighted by Crippen LogP contribution is -2.28. The van der Waals surface area contributed by atoms with Crippen LogP contribution in [-0.2, 0) is 0 Å². The van der Waals surface area contributed by atoms with Crippen LogP contribution in [0.1, 0.15) is 20.8 Å². The van der Waals surface area contributed by atoms with Gasteiger partial charge in [-0.1, -0.05) is 19.8 Å². The van der Waals surface area contributed by atoms with E-state index < -0.39 is 5.60 Å². The Morgan fingerprint density at radius 1 is 1.62 bits per heavy atom. The van der Waals surface area contributed by atoms with Crippen LogP contribution < -0.4 is 0 Å². The maximum atomic E-state index is 9.16. The summed E-state index contributed by atoms with van der Waals surface area (Å²) in [4.78, 5) is 0. The summed E-state index contributed by atoms with van der Waals surface area (Å²) in [6, 6.07) is 0. The molecule has 0 fully saturated rings. The Morgan fingerprint density at radius 3 is 2.00 bits per heavy atom. The fraction of sp³-hybridized carbons (Fsp3) is 0.714. The largest absolute Gasteiger partial charge is 0.378 e. The average Bonchev–Trinajstić information content (AvgIpc) is 1.67. The summed E-state index contributed by atoms with van der Waals surface area (Å²) in [5.74, 6) is 2.43. The highest BCUT2D eigenvalue weighted by Gasteiger charge is 2.20. The van der Waals surface area contributed by atoms with E-state index in [1.165, 1.54) is 0 Å². The monoisotopic (exact) mass is 112 g/mol. The molecule has 0 saturated carbocycles. The Morgan fingerprint density at radius 2 is 2.00 bits per heavy atom. The number of terminal acetylenes is 1. The topological polar surface area (TPSA) is 20.2 Å². The first-order chi connectivity index (χ1) is 3.50. The van der Waals surface area contributed by atoms with E-state index in [2.05, 4.69) is 5.92 Å². The van der Waals surface area contributed by atoms with Crippen LogP contribution in [0, 0.1) is 18.3 Å². The minimum atomic E-state index is -0.931. The molecule has 8 heavy (non-hydrogen) atoms. The van der Waals surface area contributed by atoms with Crippen LogP contribution in [0.3, 0.4) is 0 Å². The summed E-state index contributed by atoms with van der Waals surface area (Å²) in [7, 11) is 0. The molecule has 0 heterocycles. The normalized spacial score (nSPS) is 17.5. The van der Waals surface area contributed by atoms with E-state index in [1.54, 1.807) is 6.92 Å². The molecule has 0 aliphatic carbocycles. The predicted molar refractivity (Wildman–Crippen MR) is 34.3 cm³/mol. The minimum Gasteiger partial charge on any atom is -0.378 e. The van der Waals surface area contributed by atoms with Crippen molar-refractivity contribution in [3.8, 4) is 12.3 Å². The van der Waals surface area contributed by atoms with Crippen LogP contribution >= 0.6 is 0 Å². The third-order valence-corrected chi connectivity index (χ3v) is 1.42. The van der Waals surface area contributed by atoms with Gasteiger partial charge in [-0.05, 0) is 12.8 Å². The zero-order valence-corrected chi connectivity index (χ0v) is 5.60. The molecule has 46 valence electrons. The van der Waals surface area contributed by atoms with Crippen molar-refractivity contribution in [3.05, 3.63) is 0 Å². The van der Waals surface area contributed by atoms with E-state index in [1.807, 2.05) is 13.8 Å². The molecule has 0 saturated heterocycles. The number of hydrogen-bond acceptors (Lipinski definition) is 1. The van der Waals surface area contributed by atoms with Gasteiger partial charge in [-0.25, -0.2) is 0 Å². The third kappa shape index (κ3) is 1.55. The Bertz CT molecular complexity index is 106. The lowest BCUT2D eigenvalue weighted by atomic mass is 9.94. The van der Waals surface area contributed by atoms with Crippen molar-refractivity contribution in [2.45, 2.75) is 26.4 Å². The number of hydrogen-bond donors (Lipinski definition) is 1. The third-order valence-electron chi connectivity index (χ3n) is 1.42. The van der Waals surface area contributed by atoms with Crippen molar-refractivity contribution in [1.29, 1.82) is 0 Å². The molecular formula is C7H12O. The standard InChI is InChI=1S/C7H12O/c1-5-7(4,8)6(2)3/h1,6,8H,2-4H3/t7-/m1/s1. The van der Waals surface area contributed by atoms with Crippen LogP contribution in [0.15, 0.2) is 0 Å². The van der Waals surface area contributed by atoms with E-state index in [0.717, 1.165) is 0 Å². The molecule has 0 spiro atoms. The highest BCUT2D eigenvalue weighted by Crippen LogP contribution is 2.13. The first-order valence-electron chi connectivity index (χ1n) is 2.71. The van der Waals surface area contributed by atoms with E-state index >= 15 is 0 Å². The van der Waals surface area contributed by atoms with Gasteiger partial charge in [0.25, 0.3) is 0 Å². The molecule has 1 N–H and O–H groups in total. The molecule has 0 radical (unpaired) electrons. The van der Waals surface area contributed by atoms with Crippen LogP contribution in [-0.4, -0.2) is 10.7 Å². The molecule has 0 rings (SSSR count). The van der Waals surface area contributed by atoms with Gasteiger partial charge in [-0.3, -0.25) is 0 Å². The van der Waals surface area contributed by atoms with Gasteiger partial charge in [0.15, 0.2) is 0 Å². The summed E-state index contributed by atoms with van der Waals surface area (Å²) in [5.41, 5.74) is -0.931. The van der Waals surface area contributed by atoms with Crippen molar-refractivity contribution < 1.29 is 5.11 Å². The molecular weight excluding hydrogens is 100 g/mol. The van der Waals surface area contributed by atoms with E-state index in [9.17, 15) is 0 Å². The molecule has 0 aliphatic rings. The lowest BCUT2D eigenvalue weighted by molar-refractivity contribution is 0.0728. The maximum absolute atomic E-state index is 9.16. The molecule has 0 amide bonds. The lowest BCUT2D eigenvalue weighted by Gasteiger charge is -2.19. The van der Waals surface area contributed by atoms with Crippen LogP contribution in [0.4, 0.5) is 0 Å². The van der Waals surface area contributed by atoms with Gasteiger partial charge in [-0.15, -0.1) is 6.42 Å². The summed E-state index contributed by atoms with van der Waals surface area (Å²) < 4.78 is 0. The van der Waals surface area contributed by atoms with Crippen molar-refractivity contribution in [1.82, 2.24) is 0 Å². The van der Waals surface area contributed by atoms with Crippen molar-refractivity contribution in [2.24, 2.45) is 5.92 Å². The van der Waals surface area contributed by atoms with E-state index in [0.29, 0.717) is 0 Å². The SMILES string of the molecule is C#C[C@@](C)(O)C(C)C.